The van der Waals surface area contributed by atoms with Crippen molar-refractivity contribution in [3.05, 3.63) is 88.3 Å². The van der Waals surface area contributed by atoms with Gasteiger partial charge in [0.15, 0.2) is 11.5 Å². The Morgan fingerprint density at radius 3 is 2.68 bits per heavy atom. The Labute approximate surface area is 195 Å². The van der Waals surface area contributed by atoms with Crippen LogP contribution in [0.4, 0.5) is 0 Å². The van der Waals surface area contributed by atoms with Crippen molar-refractivity contribution in [2.75, 3.05) is 13.9 Å². The lowest BCUT2D eigenvalue weighted by Crippen LogP contribution is -2.27. The largest absolute Gasteiger partial charge is 0.497 e. The van der Waals surface area contributed by atoms with Crippen LogP contribution in [0.2, 0.25) is 0 Å². The maximum absolute atomic E-state index is 13.3. The van der Waals surface area contributed by atoms with Crippen LogP contribution in [0.3, 0.4) is 0 Å². The number of benzene rings is 3. The van der Waals surface area contributed by atoms with Crippen LogP contribution in [0.25, 0.3) is 16.7 Å². The standard InChI is InChI=1S/C26H23N3O5/c1-32-19-9-7-18(8-10-19)29-22-5-3-2-4-20(22)28-21(26(29)31)11-13-25(30)27-15-17-6-12-23-24(14-17)34-16-33-23/h2-10,12,14H,11,13,15-16H2,1H3,(H,27,30). The van der Waals surface area contributed by atoms with Gasteiger partial charge in [0, 0.05) is 25.1 Å². The highest BCUT2D eigenvalue weighted by atomic mass is 16.7. The second-order valence-electron chi connectivity index (χ2n) is 7.85. The third kappa shape index (κ3) is 4.30. The lowest BCUT2D eigenvalue weighted by molar-refractivity contribution is -0.121. The highest BCUT2D eigenvalue weighted by Crippen LogP contribution is 2.32. The molecule has 0 saturated heterocycles. The molecule has 0 aliphatic carbocycles. The summed E-state index contributed by atoms with van der Waals surface area (Å²) in [5.41, 5.74) is 3.10. The molecule has 1 amide bonds. The van der Waals surface area contributed by atoms with Crippen molar-refractivity contribution in [2.24, 2.45) is 0 Å². The minimum absolute atomic E-state index is 0.147. The van der Waals surface area contributed by atoms with Crippen molar-refractivity contribution >= 4 is 16.9 Å². The fourth-order valence-electron chi connectivity index (χ4n) is 3.90. The summed E-state index contributed by atoms with van der Waals surface area (Å²) in [6, 6.07) is 20.3. The first-order valence-electron chi connectivity index (χ1n) is 10.9. The van der Waals surface area contributed by atoms with Crippen LogP contribution in [0.5, 0.6) is 17.2 Å². The molecule has 8 heteroatoms. The lowest BCUT2D eigenvalue weighted by atomic mass is 10.1. The Kier molecular flexibility index (Phi) is 5.86. The predicted molar refractivity (Wildman–Crippen MR) is 127 cm³/mol. The fourth-order valence-corrected chi connectivity index (χ4v) is 3.90. The highest BCUT2D eigenvalue weighted by molar-refractivity contribution is 5.78. The SMILES string of the molecule is COc1ccc(-n2c(=O)c(CCC(=O)NCc3ccc4c(c3)OCO4)nc3ccccc32)cc1. The van der Waals surface area contributed by atoms with Crippen LogP contribution in [-0.4, -0.2) is 29.4 Å². The van der Waals surface area contributed by atoms with E-state index in [0.29, 0.717) is 46.2 Å². The summed E-state index contributed by atoms with van der Waals surface area (Å²) < 4.78 is 17.5. The second-order valence-corrected chi connectivity index (χ2v) is 7.85. The first-order chi connectivity index (χ1) is 16.6. The van der Waals surface area contributed by atoms with Gasteiger partial charge in [-0.25, -0.2) is 4.98 Å². The van der Waals surface area contributed by atoms with Gasteiger partial charge in [0.2, 0.25) is 12.7 Å². The molecule has 172 valence electrons. The third-order valence-electron chi connectivity index (χ3n) is 5.67. The molecule has 0 spiro atoms. The zero-order chi connectivity index (χ0) is 23.5. The molecule has 1 aromatic heterocycles. The molecule has 1 N–H and O–H groups in total. The van der Waals surface area contributed by atoms with Gasteiger partial charge in [-0.2, -0.15) is 0 Å². The van der Waals surface area contributed by atoms with E-state index < -0.39 is 0 Å². The van der Waals surface area contributed by atoms with Crippen molar-refractivity contribution in [3.8, 4) is 22.9 Å². The average molecular weight is 457 g/mol. The van der Waals surface area contributed by atoms with Gasteiger partial charge in [0.25, 0.3) is 5.56 Å². The van der Waals surface area contributed by atoms with Gasteiger partial charge in [-0.15, -0.1) is 0 Å². The van der Waals surface area contributed by atoms with Gasteiger partial charge in [-0.3, -0.25) is 14.2 Å². The summed E-state index contributed by atoms with van der Waals surface area (Å²) >= 11 is 0. The molecule has 0 unspecified atom stereocenters. The highest BCUT2D eigenvalue weighted by Gasteiger charge is 2.15. The number of rotatable bonds is 7. The van der Waals surface area contributed by atoms with Crippen LogP contribution in [0, 0.1) is 0 Å². The molecule has 5 rings (SSSR count). The molecule has 0 radical (unpaired) electrons. The summed E-state index contributed by atoms with van der Waals surface area (Å²) in [4.78, 5) is 30.4. The zero-order valence-electron chi connectivity index (χ0n) is 18.6. The van der Waals surface area contributed by atoms with Crippen LogP contribution in [0.15, 0.2) is 71.5 Å². The van der Waals surface area contributed by atoms with Crippen LogP contribution >= 0.6 is 0 Å². The molecule has 0 saturated carbocycles. The summed E-state index contributed by atoms with van der Waals surface area (Å²) in [6.07, 6.45) is 0.376. The average Bonchev–Trinajstić information content (AvgIpc) is 3.34. The molecule has 0 bridgehead atoms. The predicted octanol–water partition coefficient (Wildman–Crippen LogP) is 3.37. The number of aryl methyl sites for hydroxylation is 1. The Morgan fingerprint density at radius 2 is 1.85 bits per heavy atom. The second kappa shape index (κ2) is 9.27. The Morgan fingerprint density at radius 1 is 1.06 bits per heavy atom. The molecular formula is C26H23N3O5. The molecule has 0 atom stereocenters. The first kappa shape index (κ1) is 21.5. The van der Waals surface area contributed by atoms with Crippen LogP contribution in [0.1, 0.15) is 17.7 Å². The minimum atomic E-state index is -0.243. The van der Waals surface area contributed by atoms with E-state index in [2.05, 4.69) is 10.3 Å². The molecule has 4 aromatic rings. The molecule has 8 nitrogen and oxygen atoms in total. The number of methoxy groups -OCH3 is 1. The molecule has 34 heavy (non-hydrogen) atoms. The number of carbonyl (C=O) groups is 1. The van der Waals surface area contributed by atoms with Gasteiger partial charge in [-0.1, -0.05) is 18.2 Å². The first-order valence-corrected chi connectivity index (χ1v) is 10.9. The van der Waals surface area contributed by atoms with E-state index in [4.69, 9.17) is 14.2 Å². The van der Waals surface area contributed by atoms with Gasteiger partial charge in [-0.05, 0) is 54.1 Å². The van der Waals surface area contributed by atoms with E-state index in [1.54, 1.807) is 23.8 Å². The number of fused-ring (bicyclic) bond motifs is 2. The Hall–Kier alpha value is -4.33. The van der Waals surface area contributed by atoms with Gasteiger partial charge >= 0.3 is 0 Å². The van der Waals surface area contributed by atoms with E-state index in [1.165, 1.54) is 0 Å². The number of carbonyl (C=O) groups excluding carboxylic acids is 1. The summed E-state index contributed by atoms with van der Waals surface area (Å²) in [6.45, 7) is 0.564. The van der Waals surface area contributed by atoms with E-state index >= 15 is 0 Å². The van der Waals surface area contributed by atoms with Crippen molar-refractivity contribution in [3.63, 3.8) is 0 Å². The van der Waals surface area contributed by atoms with E-state index in [9.17, 15) is 9.59 Å². The van der Waals surface area contributed by atoms with E-state index in [1.807, 2.05) is 54.6 Å². The molecule has 1 aliphatic rings. The number of para-hydroxylation sites is 2. The number of hydrogen-bond donors (Lipinski definition) is 1. The summed E-state index contributed by atoms with van der Waals surface area (Å²) in [5.74, 6) is 1.91. The van der Waals surface area contributed by atoms with E-state index in [-0.39, 0.29) is 31.1 Å². The number of ether oxygens (including phenoxy) is 3. The van der Waals surface area contributed by atoms with Gasteiger partial charge in [0.1, 0.15) is 11.4 Å². The summed E-state index contributed by atoms with van der Waals surface area (Å²) in [5, 5.41) is 2.89. The number of nitrogens with one attached hydrogen (secondary N) is 1. The molecule has 0 fully saturated rings. The maximum Gasteiger partial charge on any atom is 0.277 e. The minimum Gasteiger partial charge on any atom is -0.497 e. The number of hydrogen-bond acceptors (Lipinski definition) is 6. The monoisotopic (exact) mass is 457 g/mol. The molecule has 2 heterocycles. The molecular weight excluding hydrogens is 434 g/mol. The van der Waals surface area contributed by atoms with Crippen molar-refractivity contribution in [1.82, 2.24) is 14.9 Å². The fraction of sp³-hybridized carbons (Fsp3) is 0.192. The van der Waals surface area contributed by atoms with Crippen molar-refractivity contribution in [1.29, 1.82) is 0 Å². The zero-order valence-corrected chi connectivity index (χ0v) is 18.6. The normalized spacial score (nSPS) is 12.0. The number of aromatic nitrogens is 2. The number of nitrogens with zero attached hydrogens (tertiary/aromatic N) is 2. The quantitative estimate of drug-likeness (QED) is 0.458. The van der Waals surface area contributed by atoms with Gasteiger partial charge < -0.3 is 19.5 Å². The third-order valence-corrected chi connectivity index (χ3v) is 5.67. The molecule has 3 aromatic carbocycles. The number of amides is 1. The van der Waals surface area contributed by atoms with Gasteiger partial charge in [0.05, 0.1) is 18.1 Å². The topological polar surface area (TPSA) is 91.7 Å². The Bertz CT molecular complexity index is 1410. The van der Waals surface area contributed by atoms with E-state index in [0.717, 1.165) is 5.56 Å². The lowest BCUT2D eigenvalue weighted by Gasteiger charge is -2.13. The maximum atomic E-state index is 13.3. The molecule has 1 aliphatic heterocycles. The van der Waals surface area contributed by atoms with Crippen molar-refractivity contribution < 1.29 is 19.0 Å². The smallest absolute Gasteiger partial charge is 0.277 e. The summed E-state index contributed by atoms with van der Waals surface area (Å²) in [7, 11) is 1.60. The Balaban J connectivity index is 1.33. The van der Waals surface area contributed by atoms with Crippen molar-refractivity contribution in [2.45, 2.75) is 19.4 Å². The van der Waals surface area contributed by atoms with Crippen LogP contribution in [-0.2, 0) is 17.8 Å². The van der Waals surface area contributed by atoms with Crippen LogP contribution < -0.4 is 25.1 Å².